The summed E-state index contributed by atoms with van der Waals surface area (Å²) in [5, 5.41) is 17.2. The van der Waals surface area contributed by atoms with Crippen molar-refractivity contribution in [3.63, 3.8) is 0 Å². The Morgan fingerprint density at radius 2 is 1.78 bits per heavy atom. The molecule has 1 aromatic carbocycles. The van der Waals surface area contributed by atoms with E-state index >= 15 is 0 Å². The first-order valence-electron chi connectivity index (χ1n) is 11.1. The number of anilines is 2. The van der Waals surface area contributed by atoms with Crippen LogP contribution in [0.5, 0.6) is 0 Å². The van der Waals surface area contributed by atoms with Gasteiger partial charge in [0.2, 0.25) is 0 Å². The highest BCUT2D eigenvalue weighted by Gasteiger charge is 2.23. The van der Waals surface area contributed by atoms with Crippen molar-refractivity contribution in [3.05, 3.63) is 59.8 Å². The van der Waals surface area contributed by atoms with E-state index in [-0.39, 0.29) is 5.54 Å². The van der Waals surface area contributed by atoms with Gasteiger partial charge in [-0.25, -0.2) is 9.78 Å². The molecule has 0 aliphatic carbocycles. The molecule has 1 fully saturated rings. The third-order valence-electron chi connectivity index (χ3n) is 5.95. The number of nitrogens with one attached hydrogen (secondary N) is 1. The van der Waals surface area contributed by atoms with Gasteiger partial charge in [-0.15, -0.1) is 0 Å². The maximum atomic E-state index is 11.2. The predicted octanol–water partition coefficient (Wildman–Crippen LogP) is 5.61. The van der Waals surface area contributed by atoms with Gasteiger partial charge in [0.25, 0.3) is 0 Å². The molecule has 7 nitrogen and oxygen atoms in total. The molecule has 168 valence electrons. The molecule has 1 saturated heterocycles. The van der Waals surface area contributed by atoms with Crippen LogP contribution in [0.4, 0.5) is 16.4 Å². The smallest absolute Gasteiger partial charge is 0.407 e. The first kappa shape index (κ1) is 21.9. The van der Waals surface area contributed by atoms with E-state index in [9.17, 15) is 9.90 Å². The number of hydrogen-bond acceptors (Lipinski definition) is 4. The van der Waals surface area contributed by atoms with Crippen LogP contribution in [0.25, 0.3) is 11.3 Å². The van der Waals surface area contributed by atoms with Gasteiger partial charge in [-0.3, -0.25) is 4.68 Å². The standard InChI is InChI=1S/C25H31N5O2/c1-17-15-23(28-30(17)25(2,3)4)27-22-10-6-9-21(26-22)20-8-5-7-19(16-20)18-11-13-29(14-12-18)24(31)32/h5-10,15-16,18H,11-14H2,1-4H3,(H,31,32)(H,26,27,28). The van der Waals surface area contributed by atoms with Crippen LogP contribution in [0.15, 0.2) is 48.5 Å². The van der Waals surface area contributed by atoms with E-state index in [1.807, 2.05) is 28.9 Å². The van der Waals surface area contributed by atoms with E-state index in [1.165, 1.54) is 10.5 Å². The molecule has 32 heavy (non-hydrogen) atoms. The number of aryl methyl sites for hydroxylation is 1. The number of piperidine rings is 1. The molecule has 2 N–H and O–H groups in total. The first-order chi connectivity index (χ1) is 15.2. The van der Waals surface area contributed by atoms with E-state index < -0.39 is 6.09 Å². The molecular formula is C25H31N5O2. The van der Waals surface area contributed by atoms with Gasteiger partial charge in [0, 0.05) is 30.4 Å². The Morgan fingerprint density at radius 3 is 2.44 bits per heavy atom. The molecule has 4 rings (SSSR count). The van der Waals surface area contributed by atoms with Crippen molar-refractivity contribution < 1.29 is 9.90 Å². The van der Waals surface area contributed by atoms with Gasteiger partial charge in [0.1, 0.15) is 5.82 Å². The van der Waals surface area contributed by atoms with Crippen LogP contribution in [0.3, 0.4) is 0 Å². The number of rotatable bonds is 4. The summed E-state index contributed by atoms with van der Waals surface area (Å²) in [4.78, 5) is 17.5. The lowest BCUT2D eigenvalue weighted by Crippen LogP contribution is -2.36. The molecule has 0 bridgehead atoms. The van der Waals surface area contributed by atoms with Crippen LogP contribution >= 0.6 is 0 Å². The lowest BCUT2D eigenvalue weighted by Gasteiger charge is -2.30. The molecule has 7 heteroatoms. The second-order valence-corrected chi connectivity index (χ2v) is 9.46. The second-order valence-electron chi connectivity index (χ2n) is 9.46. The second kappa shape index (κ2) is 8.65. The highest BCUT2D eigenvalue weighted by Crippen LogP contribution is 2.31. The normalized spacial score (nSPS) is 15.1. The maximum absolute atomic E-state index is 11.2. The number of carboxylic acid groups (broad SMARTS) is 1. The summed E-state index contributed by atoms with van der Waals surface area (Å²) < 4.78 is 2.01. The third kappa shape index (κ3) is 4.77. The van der Waals surface area contributed by atoms with Crippen molar-refractivity contribution in [1.29, 1.82) is 0 Å². The lowest BCUT2D eigenvalue weighted by molar-refractivity contribution is 0.132. The topological polar surface area (TPSA) is 83.3 Å². The Labute approximate surface area is 189 Å². The summed E-state index contributed by atoms with van der Waals surface area (Å²) in [5.41, 5.74) is 4.21. The number of hydrogen-bond donors (Lipinski definition) is 2. The Hall–Kier alpha value is -3.35. The van der Waals surface area contributed by atoms with E-state index in [0.29, 0.717) is 19.0 Å². The number of likely N-dealkylation sites (tertiary alicyclic amines) is 1. The number of carbonyl (C=O) groups is 1. The molecule has 3 heterocycles. The quantitative estimate of drug-likeness (QED) is 0.559. The van der Waals surface area contributed by atoms with Crippen molar-refractivity contribution in [1.82, 2.24) is 19.7 Å². The Morgan fingerprint density at radius 1 is 1.06 bits per heavy atom. The molecular weight excluding hydrogens is 402 g/mol. The zero-order chi connectivity index (χ0) is 22.9. The van der Waals surface area contributed by atoms with Crippen molar-refractivity contribution >= 4 is 17.7 Å². The van der Waals surface area contributed by atoms with Crippen LogP contribution in [-0.4, -0.2) is 44.0 Å². The molecule has 0 unspecified atom stereocenters. The van der Waals surface area contributed by atoms with Gasteiger partial charge < -0.3 is 15.3 Å². The minimum Gasteiger partial charge on any atom is -0.465 e. The number of nitrogens with zero attached hydrogens (tertiary/aromatic N) is 4. The average Bonchev–Trinajstić information content (AvgIpc) is 3.14. The molecule has 1 aliphatic heterocycles. The Balaban J connectivity index is 1.52. The number of amides is 1. The van der Waals surface area contributed by atoms with Gasteiger partial charge in [-0.1, -0.05) is 24.3 Å². The predicted molar refractivity (Wildman–Crippen MR) is 126 cm³/mol. The third-order valence-corrected chi connectivity index (χ3v) is 5.95. The molecule has 0 spiro atoms. The van der Waals surface area contributed by atoms with E-state index in [4.69, 9.17) is 10.1 Å². The van der Waals surface area contributed by atoms with Crippen LogP contribution < -0.4 is 5.32 Å². The van der Waals surface area contributed by atoms with Crippen LogP contribution in [0, 0.1) is 6.92 Å². The van der Waals surface area contributed by atoms with Gasteiger partial charge in [-0.2, -0.15) is 5.10 Å². The van der Waals surface area contributed by atoms with E-state index in [0.717, 1.165) is 41.4 Å². The van der Waals surface area contributed by atoms with Gasteiger partial charge in [0.05, 0.1) is 11.2 Å². The van der Waals surface area contributed by atoms with Crippen LogP contribution in [0.2, 0.25) is 0 Å². The summed E-state index contributed by atoms with van der Waals surface area (Å²) in [5.74, 6) is 1.90. The van der Waals surface area contributed by atoms with Crippen LogP contribution in [0.1, 0.15) is 50.8 Å². The van der Waals surface area contributed by atoms with Crippen molar-refractivity contribution in [3.8, 4) is 11.3 Å². The molecule has 3 aromatic rings. The molecule has 1 aliphatic rings. The van der Waals surface area contributed by atoms with E-state index in [1.54, 1.807) is 0 Å². The lowest BCUT2D eigenvalue weighted by atomic mass is 9.88. The van der Waals surface area contributed by atoms with Crippen molar-refractivity contribution in [2.24, 2.45) is 0 Å². The summed E-state index contributed by atoms with van der Waals surface area (Å²) in [6.45, 7) is 9.63. The fourth-order valence-corrected chi connectivity index (χ4v) is 4.37. The number of pyridine rings is 1. The monoisotopic (exact) mass is 433 g/mol. The van der Waals surface area contributed by atoms with E-state index in [2.05, 4.69) is 57.3 Å². The zero-order valence-corrected chi connectivity index (χ0v) is 19.2. The SMILES string of the molecule is Cc1cc(Nc2cccc(-c3cccc(C4CCN(C(=O)O)CC4)c3)n2)nn1C(C)(C)C. The fourth-order valence-electron chi connectivity index (χ4n) is 4.37. The Kier molecular flexibility index (Phi) is 5.91. The zero-order valence-electron chi connectivity index (χ0n) is 19.2. The van der Waals surface area contributed by atoms with Gasteiger partial charge >= 0.3 is 6.09 Å². The van der Waals surface area contributed by atoms with Gasteiger partial charge in [-0.05, 0) is 70.2 Å². The number of aromatic nitrogens is 3. The summed E-state index contributed by atoms with van der Waals surface area (Å²) in [6.07, 6.45) is 0.870. The van der Waals surface area contributed by atoms with Gasteiger partial charge in [0.15, 0.2) is 5.82 Å². The summed E-state index contributed by atoms with van der Waals surface area (Å²) in [7, 11) is 0. The first-order valence-corrected chi connectivity index (χ1v) is 11.1. The van der Waals surface area contributed by atoms with Crippen molar-refractivity contribution in [2.75, 3.05) is 18.4 Å². The number of benzene rings is 1. The highest BCUT2D eigenvalue weighted by atomic mass is 16.4. The fraction of sp³-hybridized carbons (Fsp3) is 0.400. The largest absolute Gasteiger partial charge is 0.465 e. The van der Waals surface area contributed by atoms with Crippen LogP contribution in [-0.2, 0) is 5.54 Å². The summed E-state index contributed by atoms with van der Waals surface area (Å²) >= 11 is 0. The minimum absolute atomic E-state index is 0.0830. The molecule has 0 saturated carbocycles. The molecule has 1 amide bonds. The van der Waals surface area contributed by atoms with Crippen molar-refractivity contribution in [2.45, 2.75) is 52.0 Å². The molecule has 0 atom stereocenters. The molecule has 0 radical (unpaired) electrons. The minimum atomic E-state index is -0.826. The Bertz CT molecular complexity index is 1110. The maximum Gasteiger partial charge on any atom is 0.407 e. The summed E-state index contributed by atoms with van der Waals surface area (Å²) in [6, 6.07) is 16.4. The molecule has 2 aromatic heterocycles. The average molecular weight is 434 g/mol. The highest BCUT2D eigenvalue weighted by molar-refractivity contribution is 5.65.